The van der Waals surface area contributed by atoms with Gasteiger partial charge in [-0.3, -0.25) is 4.90 Å². The summed E-state index contributed by atoms with van der Waals surface area (Å²) < 4.78 is 5.30. The van der Waals surface area contributed by atoms with E-state index in [9.17, 15) is 0 Å². The molecule has 0 amide bonds. The summed E-state index contributed by atoms with van der Waals surface area (Å²) in [5, 5.41) is 17.1. The molecule has 2 aromatic rings. The minimum atomic E-state index is 0.281. The lowest BCUT2D eigenvalue weighted by atomic mass is 9.95. The van der Waals surface area contributed by atoms with Gasteiger partial charge < -0.3 is 9.63 Å². The largest absolute Gasteiger partial charge is 0.396 e. The van der Waals surface area contributed by atoms with E-state index in [1.165, 1.54) is 12.8 Å². The van der Waals surface area contributed by atoms with E-state index >= 15 is 0 Å². The molecule has 0 radical (unpaired) electrons. The van der Waals surface area contributed by atoms with E-state index < -0.39 is 0 Å². The summed E-state index contributed by atoms with van der Waals surface area (Å²) in [5.74, 6) is 1.94. The Morgan fingerprint density at radius 3 is 3.25 bits per heavy atom. The lowest BCUT2D eigenvalue weighted by Gasteiger charge is -2.31. The molecule has 1 aliphatic rings. The van der Waals surface area contributed by atoms with Crippen molar-refractivity contribution >= 4 is 11.3 Å². The van der Waals surface area contributed by atoms with Crippen LogP contribution in [-0.4, -0.2) is 39.8 Å². The number of rotatable bonds is 5. The van der Waals surface area contributed by atoms with Crippen molar-refractivity contribution in [3.05, 3.63) is 22.7 Å². The Morgan fingerprint density at radius 2 is 2.45 bits per heavy atom. The third-order valence-corrected chi connectivity index (χ3v) is 4.42. The highest BCUT2D eigenvalue weighted by atomic mass is 32.1. The van der Waals surface area contributed by atoms with Crippen LogP contribution in [0.1, 0.15) is 25.1 Å². The standard InChI is InChI=1S/C14H19N3O2S/c18-6-3-11-2-1-5-17(8-11)9-13-15-14(19-16-13)12-4-7-20-10-12/h4,7,10-11,18H,1-3,5-6,8-9H2. The van der Waals surface area contributed by atoms with Crippen molar-refractivity contribution in [2.24, 2.45) is 5.92 Å². The molecule has 1 aliphatic heterocycles. The second-order valence-corrected chi connectivity index (χ2v) is 6.06. The van der Waals surface area contributed by atoms with E-state index in [2.05, 4.69) is 15.0 Å². The highest BCUT2D eigenvalue weighted by Gasteiger charge is 2.21. The minimum absolute atomic E-state index is 0.281. The normalized spacial score (nSPS) is 20.4. The molecule has 6 heteroatoms. The predicted octanol–water partition coefficient (Wildman–Crippen LogP) is 2.39. The molecule has 1 N–H and O–H groups in total. The minimum Gasteiger partial charge on any atom is -0.396 e. The predicted molar refractivity (Wildman–Crippen MR) is 77.3 cm³/mol. The molecule has 20 heavy (non-hydrogen) atoms. The number of nitrogens with zero attached hydrogens (tertiary/aromatic N) is 3. The van der Waals surface area contributed by atoms with Gasteiger partial charge in [-0.25, -0.2) is 0 Å². The average Bonchev–Trinajstić information content (AvgIpc) is 3.10. The number of hydrogen-bond donors (Lipinski definition) is 1. The molecule has 0 bridgehead atoms. The highest BCUT2D eigenvalue weighted by Crippen LogP contribution is 2.22. The summed E-state index contributed by atoms with van der Waals surface area (Å²) in [6.45, 7) is 3.10. The van der Waals surface area contributed by atoms with Crippen LogP contribution >= 0.6 is 11.3 Å². The van der Waals surface area contributed by atoms with Gasteiger partial charge in [0.05, 0.1) is 12.1 Å². The fraction of sp³-hybridized carbons (Fsp3) is 0.571. The molecule has 0 aliphatic carbocycles. The SMILES string of the molecule is OCCC1CCCN(Cc2noc(-c3ccsc3)n2)C1. The first-order chi connectivity index (χ1) is 9.85. The molecule has 0 saturated carbocycles. The molecule has 0 aromatic carbocycles. The molecule has 108 valence electrons. The van der Waals surface area contributed by atoms with Gasteiger partial charge in [-0.15, -0.1) is 0 Å². The Hall–Kier alpha value is -1.24. The maximum atomic E-state index is 9.05. The number of thiophene rings is 1. The van der Waals surface area contributed by atoms with E-state index in [-0.39, 0.29) is 6.61 Å². The first-order valence-electron chi connectivity index (χ1n) is 7.03. The van der Waals surface area contributed by atoms with Gasteiger partial charge in [0.2, 0.25) is 0 Å². The van der Waals surface area contributed by atoms with E-state index in [1.807, 2.05) is 16.8 Å². The number of aliphatic hydroxyl groups excluding tert-OH is 1. The van der Waals surface area contributed by atoms with Crippen LogP contribution in [0.2, 0.25) is 0 Å². The summed E-state index contributed by atoms with van der Waals surface area (Å²) in [4.78, 5) is 6.81. The third-order valence-electron chi connectivity index (χ3n) is 3.74. The Bertz CT molecular complexity index is 524. The summed E-state index contributed by atoms with van der Waals surface area (Å²) in [7, 11) is 0. The molecule has 3 rings (SSSR count). The molecule has 5 nitrogen and oxygen atoms in total. The van der Waals surface area contributed by atoms with Gasteiger partial charge in [0.15, 0.2) is 5.82 Å². The molecule has 1 saturated heterocycles. The van der Waals surface area contributed by atoms with Gasteiger partial charge in [0.25, 0.3) is 5.89 Å². The Kier molecular flexibility index (Phi) is 4.44. The Morgan fingerprint density at radius 1 is 1.50 bits per heavy atom. The molecule has 1 atom stereocenters. The van der Waals surface area contributed by atoms with Crippen LogP contribution in [0.4, 0.5) is 0 Å². The Labute approximate surface area is 122 Å². The zero-order valence-electron chi connectivity index (χ0n) is 11.4. The summed E-state index contributed by atoms with van der Waals surface area (Å²) >= 11 is 1.62. The second kappa shape index (κ2) is 6.47. The Balaban J connectivity index is 1.60. The molecule has 0 spiro atoms. The van der Waals surface area contributed by atoms with Crippen LogP contribution in [-0.2, 0) is 6.54 Å². The fourth-order valence-electron chi connectivity index (χ4n) is 2.73. The van der Waals surface area contributed by atoms with Crippen LogP contribution in [0.25, 0.3) is 11.5 Å². The maximum Gasteiger partial charge on any atom is 0.258 e. The van der Waals surface area contributed by atoms with Crippen molar-refractivity contribution in [2.45, 2.75) is 25.8 Å². The van der Waals surface area contributed by atoms with Crippen molar-refractivity contribution in [1.29, 1.82) is 0 Å². The monoisotopic (exact) mass is 293 g/mol. The number of aromatic nitrogens is 2. The van der Waals surface area contributed by atoms with Crippen LogP contribution in [0, 0.1) is 5.92 Å². The molecule has 1 unspecified atom stereocenters. The van der Waals surface area contributed by atoms with Gasteiger partial charge in [-0.2, -0.15) is 16.3 Å². The fourth-order valence-corrected chi connectivity index (χ4v) is 3.36. The van der Waals surface area contributed by atoms with Gasteiger partial charge in [-0.05, 0) is 43.2 Å². The zero-order valence-corrected chi connectivity index (χ0v) is 12.2. The summed E-state index contributed by atoms with van der Waals surface area (Å²) in [6.07, 6.45) is 3.28. The number of piperidine rings is 1. The van der Waals surface area contributed by atoms with Gasteiger partial charge in [0.1, 0.15) is 0 Å². The van der Waals surface area contributed by atoms with E-state index in [1.54, 1.807) is 11.3 Å². The molecule has 2 aromatic heterocycles. The van der Waals surface area contributed by atoms with Crippen molar-refractivity contribution in [2.75, 3.05) is 19.7 Å². The smallest absolute Gasteiger partial charge is 0.258 e. The zero-order chi connectivity index (χ0) is 13.8. The van der Waals surface area contributed by atoms with Crippen LogP contribution in [0.5, 0.6) is 0 Å². The number of hydrogen-bond acceptors (Lipinski definition) is 6. The molecular weight excluding hydrogens is 274 g/mol. The third kappa shape index (κ3) is 3.26. The topological polar surface area (TPSA) is 62.4 Å². The van der Waals surface area contributed by atoms with E-state index in [0.29, 0.717) is 11.8 Å². The quantitative estimate of drug-likeness (QED) is 0.917. The summed E-state index contributed by atoms with van der Waals surface area (Å²) in [5.41, 5.74) is 0.991. The lowest BCUT2D eigenvalue weighted by molar-refractivity contribution is 0.139. The summed E-state index contributed by atoms with van der Waals surface area (Å²) in [6, 6.07) is 1.99. The molecular formula is C14H19N3O2S. The van der Waals surface area contributed by atoms with Crippen LogP contribution < -0.4 is 0 Å². The van der Waals surface area contributed by atoms with E-state index in [4.69, 9.17) is 9.63 Å². The van der Waals surface area contributed by atoms with Crippen molar-refractivity contribution < 1.29 is 9.63 Å². The first-order valence-corrected chi connectivity index (χ1v) is 7.98. The van der Waals surface area contributed by atoms with Crippen molar-refractivity contribution in [3.8, 4) is 11.5 Å². The number of likely N-dealkylation sites (tertiary alicyclic amines) is 1. The molecule has 3 heterocycles. The van der Waals surface area contributed by atoms with E-state index in [0.717, 1.165) is 37.4 Å². The van der Waals surface area contributed by atoms with Gasteiger partial charge >= 0.3 is 0 Å². The highest BCUT2D eigenvalue weighted by molar-refractivity contribution is 7.08. The lowest BCUT2D eigenvalue weighted by Crippen LogP contribution is -2.35. The molecule has 1 fully saturated rings. The number of aliphatic hydroxyl groups is 1. The van der Waals surface area contributed by atoms with Crippen LogP contribution in [0.3, 0.4) is 0 Å². The maximum absolute atomic E-state index is 9.05. The average molecular weight is 293 g/mol. The second-order valence-electron chi connectivity index (χ2n) is 5.28. The van der Waals surface area contributed by atoms with Gasteiger partial charge in [0, 0.05) is 18.5 Å². The van der Waals surface area contributed by atoms with Crippen molar-refractivity contribution in [1.82, 2.24) is 15.0 Å². The van der Waals surface area contributed by atoms with Gasteiger partial charge in [-0.1, -0.05) is 5.16 Å². The van der Waals surface area contributed by atoms with Crippen molar-refractivity contribution in [3.63, 3.8) is 0 Å². The first kappa shape index (κ1) is 13.7. The van der Waals surface area contributed by atoms with Crippen LogP contribution in [0.15, 0.2) is 21.3 Å².